The van der Waals surface area contributed by atoms with Crippen LogP contribution in [0.3, 0.4) is 0 Å². The number of carbonyl (C=O) groups is 2. The molecule has 1 unspecified atom stereocenters. The Kier molecular flexibility index (Phi) is 9.48. The van der Waals surface area contributed by atoms with E-state index in [0.29, 0.717) is 29.5 Å². The highest BCUT2D eigenvalue weighted by molar-refractivity contribution is 6.06. The Morgan fingerprint density at radius 2 is 1.97 bits per heavy atom. The third kappa shape index (κ3) is 7.61. The first kappa shape index (κ1) is 27.8. The Morgan fingerprint density at radius 1 is 1.21 bits per heavy atom. The van der Waals surface area contributed by atoms with Gasteiger partial charge in [-0.1, -0.05) is 5.16 Å². The maximum Gasteiger partial charge on any atom is 0.316 e. The highest BCUT2D eigenvalue weighted by atomic mass is 16.5. The van der Waals surface area contributed by atoms with Crippen LogP contribution in [0.15, 0.2) is 58.3 Å². The number of amidine groups is 1. The second-order valence-corrected chi connectivity index (χ2v) is 8.14. The Labute approximate surface area is 219 Å². The van der Waals surface area contributed by atoms with Gasteiger partial charge in [-0.2, -0.15) is 9.98 Å². The van der Waals surface area contributed by atoms with Crippen molar-refractivity contribution < 1.29 is 28.3 Å². The van der Waals surface area contributed by atoms with Crippen LogP contribution in [0.25, 0.3) is 11.5 Å². The molecule has 0 bridgehead atoms. The zero-order chi connectivity index (χ0) is 27.7. The molecule has 13 nitrogen and oxygen atoms in total. The van der Waals surface area contributed by atoms with Crippen LogP contribution in [-0.4, -0.2) is 78.6 Å². The number of hydrogen-bond donors (Lipinski definition) is 2. The van der Waals surface area contributed by atoms with Crippen molar-refractivity contribution in [2.75, 3.05) is 34.9 Å². The van der Waals surface area contributed by atoms with Crippen LogP contribution in [0.4, 0.5) is 0 Å². The predicted octanol–water partition coefficient (Wildman–Crippen LogP) is 2.27. The fourth-order valence-corrected chi connectivity index (χ4v) is 3.03. The van der Waals surface area contributed by atoms with E-state index in [9.17, 15) is 9.59 Å². The molecule has 2 heterocycles. The molecule has 0 aliphatic carbocycles. The van der Waals surface area contributed by atoms with E-state index in [1.165, 1.54) is 23.2 Å². The number of hydrogen-bond acceptors (Lipinski definition) is 10. The van der Waals surface area contributed by atoms with E-state index in [-0.39, 0.29) is 29.2 Å². The highest BCUT2D eigenvalue weighted by Gasteiger charge is 2.18. The Bertz CT molecular complexity index is 1320. The summed E-state index contributed by atoms with van der Waals surface area (Å²) in [7, 11) is 6.42. The largest absolute Gasteiger partial charge is 0.488 e. The molecule has 0 spiro atoms. The van der Waals surface area contributed by atoms with Crippen LogP contribution < -0.4 is 20.5 Å². The Morgan fingerprint density at radius 3 is 2.63 bits per heavy atom. The van der Waals surface area contributed by atoms with Crippen LogP contribution in [0.5, 0.6) is 17.2 Å². The van der Waals surface area contributed by atoms with Crippen molar-refractivity contribution in [3.63, 3.8) is 0 Å². The first-order chi connectivity index (χ1) is 18.2. The molecule has 2 aromatic heterocycles. The minimum atomic E-state index is -0.577. The van der Waals surface area contributed by atoms with Gasteiger partial charge in [0.05, 0.1) is 12.8 Å². The minimum absolute atomic E-state index is 0.0302. The van der Waals surface area contributed by atoms with E-state index in [1.807, 2.05) is 6.92 Å². The Hall–Kier alpha value is -4.78. The van der Waals surface area contributed by atoms with E-state index in [0.717, 1.165) is 0 Å². The summed E-state index contributed by atoms with van der Waals surface area (Å²) in [6, 6.07) is 7.93. The smallest absolute Gasteiger partial charge is 0.316 e. The number of rotatable bonds is 11. The van der Waals surface area contributed by atoms with Crippen molar-refractivity contribution in [2.45, 2.75) is 13.0 Å². The van der Waals surface area contributed by atoms with Crippen LogP contribution >= 0.6 is 0 Å². The normalized spacial score (nSPS) is 12.3. The molecule has 3 N–H and O–H groups in total. The molecule has 200 valence electrons. The van der Waals surface area contributed by atoms with Crippen molar-refractivity contribution in [1.82, 2.24) is 25.3 Å². The molecule has 1 aromatic carbocycles. The summed E-state index contributed by atoms with van der Waals surface area (Å²) in [5.74, 6) is 0.0949. The number of nitrogens with one attached hydrogen (secondary N) is 1. The predicted molar refractivity (Wildman–Crippen MR) is 138 cm³/mol. The number of aromatic nitrogens is 3. The van der Waals surface area contributed by atoms with Crippen molar-refractivity contribution in [2.24, 2.45) is 10.7 Å². The number of benzene rings is 1. The van der Waals surface area contributed by atoms with E-state index in [1.54, 1.807) is 58.7 Å². The van der Waals surface area contributed by atoms with Gasteiger partial charge in [0, 0.05) is 39.9 Å². The molecular formula is C25H29N7O6. The first-order valence-corrected chi connectivity index (χ1v) is 11.4. The molecule has 0 saturated carbocycles. The van der Waals surface area contributed by atoms with Crippen LogP contribution in [0.2, 0.25) is 0 Å². The van der Waals surface area contributed by atoms with Gasteiger partial charge in [-0.05, 0) is 43.5 Å². The fourth-order valence-electron chi connectivity index (χ4n) is 3.03. The average Bonchev–Trinajstić information content (AvgIpc) is 3.37. The SMILES string of the molecule is CN/C=C\C(N)=NC(=O)c1cc(Oc2ccc(-c3noc(C(=O)N(C)C)n3)nc2)cc(OC(C)COC)c1. The summed E-state index contributed by atoms with van der Waals surface area (Å²) in [6.45, 7) is 2.17. The number of nitrogens with two attached hydrogens (primary N) is 1. The van der Waals surface area contributed by atoms with E-state index >= 15 is 0 Å². The standard InChI is InChI=1S/C25H29N7O6/c1-15(14-35-5)36-18-10-16(23(33)29-21(26)8-9-27-2)11-19(12-18)37-17-6-7-20(28-13-17)22-30-24(38-31-22)25(34)32(3)4/h6-13,15,27H,14H2,1-5H3,(H2,26,29,33)/b9-8-. The fraction of sp³-hybridized carbons (Fsp3) is 0.280. The summed E-state index contributed by atoms with van der Waals surface area (Å²) < 4.78 is 21.9. The lowest BCUT2D eigenvalue weighted by Gasteiger charge is -2.15. The number of pyridine rings is 1. The molecular weight excluding hydrogens is 494 g/mol. The summed E-state index contributed by atoms with van der Waals surface area (Å²) in [5, 5.41) is 6.57. The van der Waals surface area contributed by atoms with Crippen molar-refractivity contribution in [3.8, 4) is 28.8 Å². The third-order valence-electron chi connectivity index (χ3n) is 4.73. The zero-order valence-corrected chi connectivity index (χ0v) is 21.7. The van der Waals surface area contributed by atoms with E-state index < -0.39 is 11.8 Å². The van der Waals surface area contributed by atoms with Gasteiger partial charge in [-0.25, -0.2) is 4.98 Å². The maximum absolute atomic E-state index is 12.8. The molecule has 0 fully saturated rings. The van der Waals surface area contributed by atoms with Gasteiger partial charge >= 0.3 is 11.8 Å². The van der Waals surface area contributed by atoms with E-state index in [4.69, 9.17) is 24.5 Å². The second kappa shape index (κ2) is 13.0. The summed E-state index contributed by atoms with van der Waals surface area (Å²) >= 11 is 0. The van der Waals surface area contributed by atoms with Crippen LogP contribution in [-0.2, 0) is 4.74 Å². The van der Waals surface area contributed by atoms with Crippen molar-refractivity contribution in [1.29, 1.82) is 0 Å². The summed E-state index contributed by atoms with van der Waals surface area (Å²) in [5.41, 5.74) is 6.37. The zero-order valence-electron chi connectivity index (χ0n) is 21.7. The van der Waals surface area contributed by atoms with Gasteiger partial charge in [0.1, 0.15) is 34.9 Å². The molecule has 3 aromatic rings. The molecule has 1 atom stereocenters. The lowest BCUT2D eigenvalue weighted by Crippen LogP contribution is -2.21. The monoisotopic (exact) mass is 523 g/mol. The van der Waals surface area contributed by atoms with Crippen LogP contribution in [0, 0.1) is 0 Å². The minimum Gasteiger partial charge on any atom is -0.488 e. The van der Waals surface area contributed by atoms with Crippen molar-refractivity contribution >= 4 is 17.6 Å². The van der Waals surface area contributed by atoms with Gasteiger partial charge in [0.2, 0.25) is 5.82 Å². The topological polar surface area (TPSA) is 167 Å². The number of ether oxygens (including phenoxy) is 3. The summed E-state index contributed by atoms with van der Waals surface area (Å²) in [6.07, 6.45) is 4.18. The quantitative estimate of drug-likeness (QED) is 0.279. The third-order valence-corrected chi connectivity index (χ3v) is 4.73. The average molecular weight is 524 g/mol. The van der Waals surface area contributed by atoms with Crippen LogP contribution in [0.1, 0.15) is 28.0 Å². The number of amides is 2. The molecule has 2 amide bonds. The van der Waals surface area contributed by atoms with Gasteiger partial charge in [-0.15, -0.1) is 0 Å². The van der Waals surface area contributed by atoms with Crippen molar-refractivity contribution in [3.05, 3.63) is 60.3 Å². The molecule has 0 aliphatic heterocycles. The highest BCUT2D eigenvalue weighted by Crippen LogP contribution is 2.29. The van der Waals surface area contributed by atoms with Gasteiger partial charge in [0.25, 0.3) is 5.91 Å². The Balaban J connectivity index is 1.85. The lowest BCUT2D eigenvalue weighted by molar-refractivity contribution is 0.0779. The van der Waals surface area contributed by atoms with Gasteiger partial charge in [-0.3, -0.25) is 9.59 Å². The van der Waals surface area contributed by atoms with Gasteiger partial charge < -0.3 is 34.7 Å². The molecule has 13 heteroatoms. The molecule has 3 rings (SSSR count). The molecule has 0 saturated heterocycles. The number of nitrogens with zero attached hydrogens (tertiary/aromatic N) is 5. The first-order valence-electron chi connectivity index (χ1n) is 11.4. The number of methoxy groups -OCH3 is 1. The maximum atomic E-state index is 12.8. The molecule has 0 radical (unpaired) electrons. The van der Waals surface area contributed by atoms with E-state index in [2.05, 4.69) is 25.4 Å². The summed E-state index contributed by atoms with van der Waals surface area (Å²) in [4.78, 5) is 38.3. The van der Waals surface area contributed by atoms with Gasteiger partial charge in [0.15, 0.2) is 0 Å². The number of carbonyl (C=O) groups excluding carboxylic acids is 2. The number of aliphatic imine (C=N–C) groups is 1. The second-order valence-electron chi connectivity index (χ2n) is 8.14. The molecule has 0 aliphatic rings. The molecule has 38 heavy (non-hydrogen) atoms. The lowest BCUT2D eigenvalue weighted by atomic mass is 10.2.